The second-order valence-electron chi connectivity index (χ2n) is 9.21. The summed E-state index contributed by atoms with van der Waals surface area (Å²) < 4.78 is 13.9. The SMILES string of the molecule is O=C(O)c1cccc(COc2c(Cl)cc(C=Nn3c(-c4cc5cc(Br)ccc5o4)nc4ccccc4c3=O)cc2Cl)c1. The molecule has 0 fully saturated rings. The first kappa shape index (κ1) is 27.7. The van der Waals surface area contributed by atoms with Gasteiger partial charge in [-0.2, -0.15) is 9.78 Å². The number of aromatic carboxylic acids is 1. The molecule has 6 rings (SSSR count). The van der Waals surface area contributed by atoms with Crippen molar-refractivity contribution >= 4 is 73.2 Å². The van der Waals surface area contributed by atoms with Crippen molar-refractivity contribution in [3.8, 4) is 17.3 Å². The summed E-state index contributed by atoms with van der Waals surface area (Å²) in [5.41, 5.74) is 2.05. The Bertz CT molecular complexity index is 2080. The summed E-state index contributed by atoms with van der Waals surface area (Å²) in [5, 5.41) is 15.3. The van der Waals surface area contributed by atoms with E-state index in [9.17, 15) is 14.7 Å². The lowest BCUT2D eigenvalue weighted by atomic mass is 10.1. The van der Waals surface area contributed by atoms with Gasteiger partial charge >= 0.3 is 5.97 Å². The van der Waals surface area contributed by atoms with Crippen LogP contribution in [0.25, 0.3) is 33.5 Å². The van der Waals surface area contributed by atoms with Crippen molar-refractivity contribution in [3.05, 3.63) is 126 Å². The molecule has 8 nitrogen and oxygen atoms in total. The quantitative estimate of drug-likeness (QED) is 0.173. The number of hydrogen-bond donors (Lipinski definition) is 1. The molecule has 0 atom stereocenters. The van der Waals surface area contributed by atoms with Gasteiger partial charge in [0.2, 0.25) is 5.82 Å². The molecule has 0 spiro atoms. The number of rotatable bonds is 7. The molecule has 2 aromatic heterocycles. The lowest BCUT2D eigenvalue weighted by Crippen LogP contribution is -2.20. The van der Waals surface area contributed by atoms with Crippen LogP contribution < -0.4 is 10.3 Å². The molecule has 1 N–H and O–H groups in total. The molecule has 0 aliphatic carbocycles. The highest BCUT2D eigenvalue weighted by Crippen LogP contribution is 2.35. The van der Waals surface area contributed by atoms with Gasteiger partial charge in [0.25, 0.3) is 5.56 Å². The van der Waals surface area contributed by atoms with Crippen molar-refractivity contribution < 1.29 is 19.1 Å². The van der Waals surface area contributed by atoms with Crippen molar-refractivity contribution in [2.24, 2.45) is 5.10 Å². The smallest absolute Gasteiger partial charge is 0.335 e. The van der Waals surface area contributed by atoms with Crippen LogP contribution in [-0.2, 0) is 6.61 Å². The van der Waals surface area contributed by atoms with Gasteiger partial charge in [-0.15, -0.1) is 0 Å². The average molecular weight is 663 g/mol. The van der Waals surface area contributed by atoms with Crippen molar-refractivity contribution in [3.63, 3.8) is 0 Å². The van der Waals surface area contributed by atoms with E-state index in [1.165, 1.54) is 23.0 Å². The predicted molar refractivity (Wildman–Crippen MR) is 166 cm³/mol. The third-order valence-corrected chi connectivity index (χ3v) is 7.41. The van der Waals surface area contributed by atoms with Crippen molar-refractivity contribution in [2.45, 2.75) is 6.61 Å². The third kappa shape index (κ3) is 5.54. The van der Waals surface area contributed by atoms with E-state index >= 15 is 0 Å². The van der Waals surface area contributed by atoms with Crippen LogP contribution >= 0.6 is 39.1 Å². The van der Waals surface area contributed by atoms with Crippen LogP contribution in [0.1, 0.15) is 21.5 Å². The lowest BCUT2D eigenvalue weighted by molar-refractivity contribution is 0.0696. The summed E-state index contributed by atoms with van der Waals surface area (Å²) in [5.74, 6) is -0.207. The molecule has 4 aromatic carbocycles. The Morgan fingerprint density at radius 3 is 2.60 bits per heavy atom. The Kier molecular flexibility index (Phi) is 7.55. The van der Waals surface area contributed by atoms with Gasteiger partial charge in [-0.05, 0) is 71.8 Å². The molecular weight excluding hydrogens is 645 g/mol. The molecule has 0 aliphatic heterocycles. The number of benzene rings is 4. The fraction of sp³-hybridized carbons (Fsp3) is 0.0323. The van der Waals surface area contributed by atoms with Crippen molar-refractivity contribution in [1.82, 2.24) is 9.66 Å². The third-order valence-electron chi connectivity index (χ3n) is 6.35. The van der Waals surface area contributed by atoms with Gasteiger partial charge in [0, 0.05) is 9.86 Å². The number of para-hydroxylation sites is 1. The molecule has 6 aromatic rings. The fourth-order valence-electron chi connectivity index (χ4n) is 4.38. The lowest BCUT2D eigenvalue weighted by Gasteiger charge is -2.11. The van der Waals surface area contributed by atoms with Gasteiger partial charge in [0.15, 0.2) is 11.5 Å². The van der Waals surface area contributed by atoms with Gasteiger partial charge in [-0.1, -0.05) is 63.4 Å². The van der Waals surface area contributed by atoms with Crippen LogP contribution in [0.2, 0.25) is 10.0 Å². The summed E-state index contributed by atoms with van der Waals surface area (Å²) >= 11 is 16.5. The van der Waals surface area contributed by atoms with E-state index in [2.05, 4.69) is 21.0 Å². The van der Waals surface area contributed by atoms with Crippen LogP contribution in [0.3, 0.4) is 0 Å². The molecule has 0 bridgehead atoms. The number of nitrogens with zero attached hydrogens (tertiary/aromatic N) is 3. The molecule has 208 valence electrons. The number of halogens is 3. The number of ether oxygens (including phenoxy) is 1. The average Bonchev–Trinajstić information content (AvgIpc) is 3.39. The van der Waals surface area contributed by atoms with E-state index in [0.29, 0.717) is 33.4 Å². The molecule has 2 heterocycles. The molecule has 0 aliphatic rings. The number of carboxylic acid groups (broad SMARTS) is 1. The van der Waals surface area contributed by atoms with E-state index < -0.39 is 5.97 Å². The van der Waals surface area contributed by atoms with E-state index in [0.717, 1.165) is 9.86 Å². The summed E-state index contributed by atoms with van der Waals surface area (Å²) in [6, 6.07) is 24.0. The number of carbonyl (C=O) groups is 1. The Labute approximate surface area is 256 Å². The zero-order valence-electron chi connectivity index (χ0n) is 21.4. The Morgan fingerprint density at radius 2 is 1.81 bits per heavy atom. The first-order chi connectivity index (χ1) is 20.3. The van der Waals surface area contributed by atoms with Crippen LogP contribution in [0.4, 0.5) is 0 Å². The number of aromatic nitrogens is 2. The molecular formula is C31H18BrCl2N3O5. The highest BCUT2D eigenvalue weighted by atomic mass is 79.9. The minimum atomic E-state index is -1.03. The minimum Gasteiger partial charge on any atom is -0.486 e. The minimum absolute atomic E-state index is 0.0591. The fourth-order valence-corrected chi connectivity index (χ4v) is 5.37. The second kappa shape index (κ2) is 11.4. The van der Waals surface area contributed by atoms with Gasteiger partial charge < -0.3 is 14.3 Å². The number of furan rings is 1. The topological polar surface area (TPSA) is 107 Å². The maximum absolute atomic E-state index is 13.5. The van der Waals surface area contributed by atoms with Crippen LogP contribution in [0, 0.1) is 0 Å². The largest absolute Gasteiger partial charge is 0.486 e. The van der Waals surface area contributed by atoms with Gasteiger partial charge in [0.1, 0.15) is 12.2 Å². The van der Waals surface area contributed by atoms with Crippen LogP contribution in [-0.4, -0.2) is 27.0 Å². The van der Waals surface area contributed by atoms with Gasteiger partial charge in [0.05, 0.1) is 32.7 Å². The maximum atomic E-state index is 13.5. The summed E-state index contributed by atoms with van der Waals surface area (Å²) in [6.07, 6.45) is 1.44. The highest BCUT2D eigenvalue weighted by molar-refractivity contribution is 9.10. The molecule has 11 heteroatoms. The van der Waals surface area contributed by atoms with Crippen LogP contribution in [0.15, 0.2) is 104 Å². The number of hydrogen-bond acceptors (Lipinski definition) is 6. The predicted octanol–water partition coefficient (Wildman–Crippen LogP) is 8.04. The first-order valence-corrected chi connectivity index (χ1v) is 14.0. The Morgan fingerprint density at radius 1 is 1.02 bits per heavy atom. The molecule has 0 amide bonds. The second-order valence-corrected chi connectivity index (χ2v) is 10.9. The highest BCUT2D eigenvalue weighted by Gasteiger charge is 2.17. The Hall–Kier alpha value is -4.44. The zero-order valence-corrected chi connectivity index (χ0v) is 24.5. The maximum Gasteiger partial charge on any atom is 0.335 e. The van der Waals surface area contributed by atoms with Gasteiger partial charge in [-0.25, -0.2) is 9.78 Å². The summed E-state index contributed by atoms with van der Waals surface area (Å²) in [4.78, 5) is 29.5. The first-order valence-electron chi connectivity index (χ1n) is 12.5. The molecule has 0 unspecified atom stereocenters. The molecule has 42 heavy (non-hydrogen) atoms. The van der Waals surface area contributed by atoms with Gasteiger partial charge in [-0.3, -0.25) is 4.79 Å². The van der Waals surface area contributed by atoms with E-state index in [-0.39, 0.29) is 39.3 Å². The zero-order chi connectivity index (χ0) is 29.4. The monoisotopic (exact) mass is 661 g/mol. The molecule has 0 radical (unpaired) electrons. The summed E-state index contributed by atoms with van der Waals surface area (Å²) in [6.45, 7) is 0.0591. The molecule has 0 saturated carbocycles. The summed E-state index contributed by atoms with van der Waals surface area (Å²) in [7, 11) is 0. The standard InChI is InChI=1S/C31H18BrCl2N3O5/c32-21-8-9-26-20(13-21)14-27(42-26)29-36-25-7-2-1-6-22(25)30(38)37(29)35-15-18-11-23(33)28(24(34)12-18)41-16-17-4-3-5-19(10-17)31(39)40/h1-15H,16H2,(H,39,40). The van der Waals surface area contributed by atoms with E-state index in [1.54, 1.807) is 54.6 Å². The normalized spacial score (nSPS) is 11.5. The molecule has 0 saturated heterocycles. The Balaban J connectivity index is 1.35. The van der Waals surface area contributed by atoms with E-state index in [1.807, 2.05) is 18.2 Å². The van der Waals surface area contributed by atoms with Crippen molar-refractivity contribution in [1.29, 1.82) is 0 Å². The van der Waals surface area contributed by atoms with E-state index in [4.69, 9.17) is 37.3 Å². The number of fused-ring (bicyclic) bond motifs is 2. The van der Waals surface area contributed by atoms with Crippen LogP contribution in [0.5, 0.6) is 5.75 Å². The number of carboxylic acids is 1. The van der Waals surface area contributed by atoms with Crippen molar-refractivity contribution in [2.75, 3.05) is 0 Å².